The maximum atomic E-state index is 12.7. The van der Waals surface area contributed by atoms with Crippen LogP contribution in [0.3, 0.4) is 0 Å². The van der Waals surface area contributed by atoms with E-state index in [4.69, 9.17) is 4.74 Å². The highest BCUT2D eigenvalue weighted by molar-refractivity contribution is 7.17. The van der Waals surface area contributed by atoms with Crippen molar-refractivity contribution in [3.05, 3.63) is 46.9 Å². The topological polar surface area (TPSA) is 81.9 Å². The molecule has 0 radical (unpaired) electrons. The molecular formula is C20H23N5O2S. The lowest BCUT2D eigenvalue weighted by atomic mass is 10.2. The van der Waals surface area contributed by atoms with Crippen molar-refractivity contribution in [2.75, 3.05) is 0 Å². The molecule has 1 N–H and O–H groups in total. The number of pyridine rings is 1. The molecular weight excluding hydrogens is 374 g/mol. The Labute approximate surface area is 167 Å². The van der Waals surface area contributed by atoms with Crippen LogP contribution in [0.1, 0.15) is 46.6 Å². The molecule has 1 saturated carbocycles. The second-order valence-corrected chi connectivity index (χ2v) is 8.01. The Balaban J connectivity index is 1.44. The molecule has 4 rings (SSSR count). The van der Waals surface area contributed by atoms with Gasteiger partial charge in [-0.3, -0.25) is 9.48 Å². The van der Waals surface area contributed by atoms with Crippen LogP contribution in [0.4, 0.5) is 0 Å². The number of carbonyl (C=O) groups excluding carboxylic acids is 1. The fourth-order valence-electron chi connectivity index (χ4n) is 3.35. The Morgan fingerprint density at radius 2 is 2.21 bits per heavy atom. The minimum absolute atomic E-state index is 0.138. The van der Waals surface area contributed by atoms with Gasteiger partial charge >= 0.3 is 0 Å². The van der Waals surface area contributed by atoms with Gasteiger partial charge in [0.25, 0.3) is 5.91 Å². The fourth-order valence-corrected chi connectivity index (χ4v) is 4.30. The molecule has 1 aliphatic carbocycles. The Morgan fingerprint density at radius 1 is 1.39 bits per heavy atom. The van der Waals surface area contributed by atoms with Gasteiger partial charge in [0.05, 0.1) is 11.9 Å². The van der Waals surface area contributed by atoms with Crippen molar-refractivity contribution in [3.8, 4) is 16.5 Å². The molecule has 0 unspecified atom stereocenters. The van der Waals surface area contributed by atoms with E-state index in [9.17, 15) is 4.79 Å². The molecule has 3 aromatic rings. The van der Waals surface area contributed by atoms with Crippen LogP contribution in [-0.2, 0) is 13.6 Å². The molecule has 146 valence electrons. The summed E-state index contributed by atoms with van der Waals surface area (Å²) in [7, 11) is 1.86. The maximum Gasteiger partial charge on any atom is 0.263 e. The third-order valence-electron chi connectivity index (χ3n) is 4.82. The molecule has 1 fully saturated rings. The van der Waals surface area contributed by atoms with Crippen molar-refractivity contribution in [1.82, 2.24) is 25.1 Å². The highest BCUT2D eigenvalue weighted by atomic mass is 32.1. The Kier molecular flexibility index (Phi) is 5.38. The predicted molar refractivity (Wildman–Crippen MR) is 107 cm³/mol. The molecule has 3 aromatic heterocycles. The molecule has 1 aliphatic rings. The van der Waals surface area contributed by atoms with Gasteiger partial charge in [-0.15, -0.1) is 11.3 Å². The average Bonchev–Trinajstić information content (AvgIpc) is 3.42. The predicted octanol–water partition coefficient (Wildman–Crippen LogP) is 3.50. The monoisotopic (exact) mass is 397 g/mol. The summed E-state index contributed by atoms with van der Waals surface area (Å²) in [5.41, 5.74) is 2.52. The van der Waals surface area contributed by atoms with Gasteiger partial charge in [-0.1, -0.05) is 6.07 Å². The molecule has 3 heterocycles. The van der Waals surface area contributed by atoms with Crippen LogP contribution in [0, 0.1) is 6.92 Å². The number of amides is 1. The van der Waals surface area contributed by atoms with E-state index in [1.54, 1.807) is 17.1 Å². The maximum absolute atomic E-state index is 12.7. The van der Waals surface area contributed by atoms with Crippen LogP contribution in [0.5, 0.6) is 5.88 Å². The average molecular weight is 398 g/mol. The van der Waals surface area contributed by atoms with Crippen LogP contribution in [0.15, 0.2) is 30.7 Å². The Hall–Kier alpha value is -2.74. The van der Waals surface area contributed by atoms with Crippen molar-refractivity contribution in [2.24, 2.45) is 7.05 Å². The summed E-state index contributed by atoms with van der Waals surface area (Å²) in [6.07, 6.45) is 10.1. The third kappa shape index (κ3) is 4.06. The summed E-state index contributed by atoms with van der Waals surface area (Å²) in [6.45, 7) is 2.22. The van der Waals surface area contributed by atoms with Gasteiger partial charge in [-0.25, -0.2) is 9.97 Å². The first-order valence-corrected chi connectivity index (χ1v) is 10.3. The minimum Gasteiger partial charge on any atom is -0.474 e. The van der Waals surface area contributed by atoms with E-state index >= 15 is 0 Å². The first-order valence-electron chi connectivity index (χ1n) is 9.45. The minimum atomic E-state index is -0.138. The van der Waals surface area contributed by atoms with Gasteiger partial charge < -0.3 is 10.1 Å². The van der Waals surface area contributed by atoms with Crippen LogP contribution in [0.2, 0.25) is 0 Å². The van der Waals surface area contributed by atoms with Gasteiger partial charge in [0, 0.05) is 37.1 Å². The smallest absolute Gasteiger partial charge is 0.263 e. The van der Waals surface area contributed by atoms with Crippen molar-refractivity contribution in [1.29, 1.82) is 0 Å². The molecule has 7 nitrogen and oxygen atoms in total. The summed E-state index contributed by atoms with van der Waals surface area (Å²) in [5, 5.41) is 7.94. The molecule has 0 bridgehead atoms. The summed E-state index contributed by atoms with van der Waals surface area (Å²) in [4.78, 5) is 22.2. The van der Waals surface area contributed by atoms with Crippen LogP contribution >= 0.6 is 11.3 Å². The SMILES string of the molecule is Cc1nc(-c2cnn(C)c2)sc1C(=O)NCc1cccnc1OC1CCCC1. The molecule has 0 saturated heterocycles. The van der Waals surface area contributed by atoms with Crippen molar-refractivity contribution in [2.45, 2.75) is 45.3 Å². The number of thiazole rings is 1. The number of ether oxygens (including phenoxy) is 1. The normalized spacial score (nSPS) is 14.4. The number of hydrogen-bond donors (Lipinski definition) is 1. The van der Waals surface area contributed by atoms with Gasteiger partial charge in [0.1, 0.15) is 16.0 Å². The molecule has 0 spiro atoms. The summed E-state index contributed by atoms with van der Waals surface area (Å²) >= 11 is 1.38. The van der Waals surface area contributed by atoms with Crippen molar-refractivity contribution in [3.63, 3.8) is 0 Å². The van der Waals surface area contributed by atoms with E-state index in [0.717, 1.165) is 34.7 Å². The number of nitrogens with one attached hydrogen (secondary N) is 1. The van der Waals surface area contributed by atoms with E-state index in [-0.39, 0.29) is 12.0 Å². The van der Waals surface area contributed by atoms with Gasteiger partial charge in [-0.05, 0) is 38.7 Å². The molecule has 0 atom stereocenters. The number of carbonyl (C=O) groups is 1. The molecule has 0 aliphatic heterocycles. The molecule has 1 amide bonds. The Morgan fingerprint density at radius 3 is 2.96 bits per heavy atom. The summed E-state index contributed by atoms with van der Waals surface area (Å²) < 4.78 is 7.77. The van der Waals surface area contributed by atoms with Crippen LogP contribution in [-0.4, -0.2) is 31.8 Å². The second kappa shape index (κ2) is 8.10. The summed E-state index contributed by atoms with van der Waals surface area (Å²) in [5.74, 6) is 0.479. The lowest BCUT2D eigenvalue weighted by Gasteiger charge is -2.15. The first kappa shape index (κ1) is 18.6. The third-order valence-corrected chi connectivity index (χ3v) is 6.03. The van der Waals surface area contributed by atoms with E-state index in [2.05, 4.69) is 20.4 Å². The van der Waals surface area contributed by atoms with Crippen molar-refractivity contribution < 1.29 is 9.53 Å². The first-order chi connectivity index (χ1) is 13.6. The highest BCUT2D eigenvalue weighted by Crippen LogP contribution is 2.28. The number of rotatable bonds is 6. The van der Waals surface area contributed by atoms with Crippen LogP contribution in [0.25, 0.3) is 10.6 Å². The largest absolute Gasteiger partial charge is 0.474 e. The molecule has 0 aromatic carbocycles. The number of aryl methyl sites for hydroxylation is 2. The van der Waals surface area contributed by atoms with Gasteiger partial charge in [0.15, 0.2) is 0 Å². The molecule has 8 heteroatoms. The van der Waals surface area contributed by atoms with Crippen molar-refractivity contribution >= 4 is 17.2 Å². The number of hydrogen-bond acceptors (Lipinski definition) is 6. The van der Waals surface area contributed by atoms with Gasteiger partial charge in [0.2, 0.25) is 5.88 Å². The van der Waals surface area contributed by atoms with E-state index in [0.29, 0.717) is 17.3 Å². The van der Waals surface area contributed by atoms with E-state index in [1.807, 2.05) is 32.3 Å². The highest BCUT2D eigenvalue weighted by Gasteiger charge is 2.20. The fraction of sp³-hybridized carbons (Fsp3) is 0.400. The standard InChI is InChI=1S/C20H23N5O2S/c1-13-17(28-20(24-13)15-11-23-25(2)12-15)18(26)22-10-14-6-5-9-21-19(14)27-16-7-3-4-8-16/h5-6,9,11-12,16H,3-4,7-8,10H2,1-2H3,(H,22,26). The second-order valence-electron chi connectivity index (χ2n) is 7.01. The number of nitrogens with zero attached hydrogens (tertiary/aromatic N) is 4. The van der Waals surface area contributed by atoms with E-state index < -0.39 is 0 Å². The Bertz CT molecular complexity index is 975. The van der Waals surface area contributed by atoms with E-state index in [1.165, 1.54) is 24.2 Å². The zero-order valence-electron chi connectivity index (χ0n) is 16.0. The zero-order valence-corrected chi connectivity index (χ0v) is 16.8. The lowest BCUT2D eigenvalue weighted by molar-refractivity contribution is 0.0953. The molecule has 28 heavy (non-hydrogen) atoms. The zero-order chi connectivity index (χ0) is 19.5. The lowest BCUT2D eigenvalue weighted by Crippen LogP contribution is -2.23. The van der Waals surface area contributed by atoms with Gasteiger partial charge in [-0.2, -0.15) is 5.10 Å². The quantitative estimate of drug-likeness (QED) is 0.688. The summed E-state index contributed by atoms with van der Waals surface area (Å²) in [6, 6.07) is 3.81. The number of aromatic nitrogens is 4. The van der Waals surface area contributed by atoms with Crippen LogP contribution < -0.4 is 10.1 Å².